The Morgan fingerprint density at radius 2 is 2.15 bits per heavy atom. The first-order valence-corrected chi connectivity index (χ1v) is 7.39. The average molecular weight is 274 g/mol. The van der Waals surface area contributed by atoms with Crippen LogP contribution in [-0.2, 0) is 4.79 Å². The molecule has 0 aromatic heterocycles. The molecule has 1 amide bonds. The fourth-order valence-corrected chi connectivity index (χ4v) is 2.72. The molecule has 1 heterocycles. The van der Waals surface area contributed by atoms with Gasteiger partial charge in [-0.15, -0.1) is 0 Å². The van der Waals surface area contributed by atoms with E-state index >= 15 is 0 Å². The topological polar surface area (TPSA) is 55.6 Å². The van der Waals surface area contributed by atoms with Crippen molar-refractivity contribution in [2.75, 3.05) is 18.1 Å². The summed E-state index contributed by atoms with van der Waals surface area (Å²) < 4.78 is 5.53. The lowest BCUT2D eigenvalue weighted by molar-refractivity contribution is -0.121. The fraction of sp³-hybridized carbons (Fsp3) is 0.562. The molecule has 1 aliphatic heterocycles. The number of carbonyl (C=O) groups excluding carboxylic acids is 1. The van der Waals surface area contributed by atoms with Crippen molar-refractivity contribution in [1.29, 1.82) is 0 Å². The van der Waals surface area contributed by atoms with Crippen LogP contribution in [-0.4, -0.2) is 19.1 Å². The minimum absolute atomic E-state index is 0.0309. The number of hydrogen-bond donors (Lipinski definition) is 1. The maximum absolute atomic E-state index is 12.1. The van der Waals surface area contributed by atoms with Crippen LogP contribution in [0.15, 0.2) is 18.2 Å². The lowest BCUT2D eigenvalue weighted by Gasteiger charge is -2.31. The van der Waals surface area contributed by atoms with Crippen LogP contribution in [0.25, 0.3) is 0 Å². The second kappa shape index (κ2) is 5.09. The van der Waals surface area contributed by atoms with E-state index in [9.17, 15) is 4.79 Å². The molecule has 1 unspecified atom stereocenters. The summed E-state index contributed by atoms with van der Waals surface area (Å²) in [5, 5.41) is 0. The highest BCUT2D eigenvalue weighted by Crippen LogP contribution is 2.42. The summed E-state index contributed by atoms with van der Waals surface area (Å²) in [7, 11) is 0. The van der Waals surface area contributed by atoms with Crippen molar-refractivity contribution in [3.63, 3.8) is 0 Å². The summed E-state index contributed by atoms with van der Waals surface area (Å²) in [5.41, 5.74) is 8.26. The molecule has 0 bridgehead atoms. The summed E-state index contributed by atoms with van der Waals surface area (Å²) in [6.07, 6.45) is 2.42. The van der Waals surface area contributed by atoms with Gasteiger partial charge in [-0.25, -0.2) is 0 Å². The zero-order valence-corrected chi connectivity index (χ0v) is 12.1. The Labute approximate surface area is 119 Å². The van der Waals surface area contributed by atoms with Gasteiger partial charge < -0.3 is 15.4 Å². The molecule has 3 rings (SSSR count). The van der Waals surface area contributed by atoms with Crippen molar-refractivity contribution in [2.24, 2.45) is 17.6 Å². The standard InChI is InChI=1S/C16H22N2O2/c1-10(2)8-18-13-7-12(16(17)11-3-4-11)5-6-14(13)20-9-15(18)19/h5-7,10-11,16H,3-4,8-9,17H2,1-2H3. The number of ether oxygens (including phenoxy) is 1. The van der Waals surface area contributed by atoms with E-state index in [1.807, 2.05) is 23.1 Å². The monoisotopic (exact) mass is 274 g/mol. The normalized spacial score (nSPS) is 19.8. The van der Waals surface area contributed by atoms with E-state index in [1.54, 1.807) is 0 Å². The molecule has 1 aromatic rings. The minimum atomic E-state index is 0.0309. The summed E-state index contributed by atoms with van der Waals surface area (Å²) in [6.45, 7) is 5.08. The third-order valence-electron chi connectivity index (χ3n) is 3.99. The van der Waals surface area contributed by atoms with E-state index in [-0.39, 0.29) is 18.6 Å². The summed E-state index contributed by atoms with van der Waals surface area (Å²) in [4.78, 5) is 13.9. The summed E-state index contributed by atoms with van der Waals surface area (Å²) in [6, 6.07) is 6.11. The molecule has 1 aliphatic carbocycles. The van der Waals surface area contributed by atoms with Crippen LogP contribution in [0.5, 0.6) is 5.75 Å². The predicted molar refractivity (Wildman–Crippen MR) is 78.8 cm³/mol. The average Bonchev–Trinajstić information content (AvgIpc) is 3.25. The molecule has 1 fully saturated rings. The number of carbonyl (C=O) groups is 1. The molecular weight excluding hydrogens is 252 g/mol. The molecule has 0 spiro atoms. The molecular formula is C16H22N2O2. The molecule has 0 radical (unpaired) electrons. The van der Waals surface area contributed by atoms with Gasteiger partial charge in [0, 0.05) is 12.6 Å². The second-order valence-electron chi connectivity index (χ2n) is 6.28. The van der Waals surface area contributed by atoms with Gasteiger partial charge >= 0.3 is 0 Å². The van der Waals surface area contributed by atoms with Crippen LogP contribution >= 0.6 is 0 Å². The van der Waals surface area contributed by atoms with Crippen LogP contribution in [0.1, 0.15) is 38.3 Å². The molecule has 20 heavy (non-hydrogen) atoms. The maximum Gasteiger partial charge on any atom is 0.265 e. The summed E-state index contributed by atoms with van der Waals surface area (Å²) >= 11 is 0. The lowest BCUT2D eigenvalue weighted by Crippen LogP contribution is -2.41. The number of hydrogen-bond acceptors (Lipinski definition) is 3. The van der Waals surface area contributed by atoms with Crippen molar-refractivity contribution in [3.05, 3.63) is 23.8 Å². The number of amides is 1. The molecule has 1 atom stereocenters. The van der Waals surface area contributed by atoms with Gasteiger partial charge in [0.25, 0.3) is 5.91 Å². The molecule has 2 N–H and O–H groups in total. The van der Waals surface area contributed by atoms with Crippen LogP contribution in [0.4, 0.5) is 5.69 Å². The zero-order chi connectivity index (χ0) is 14.3. The number of nitrogens with two attached hydrogens (primary N) is 1. The molecule has 0 saturated heterocycles. The van der Waals surface area contributed by atoms with Gasteiger partial charge in [-0.1, -0.05) is 19.9 Å². The van der Waals surface area contributed by atoms with E-state index in [1.165, 1.54) is 12.8 Å². The van der Waals surface area contributed by atoms with E-state index in [4.69, 9.17) is 10.5 Å². The first kappa shape index (κ1) is 13.4. The fourth-order valence-electron chi connectivity index (χ4n) is 2.72. The highest BCUT2D eigenvalue weighted by molar-refractivity contribution is 5.97. The number of benzene rings is 1. The molecule has 1 aromatic carbocycles. The third kappa shape index (κ3) is 2.52. The van der Waals surface area contributed by atoms with Crippen molar-refractivity contribution in [2.45, 2.75) is 32.7 Å². The highest BCUT2D eigenvalue weighted by atomic mass is 16.5. The van der Waals surface area contributed by atoms with Crippen molar-refractivity contribution >= 4 is 11.6 Å². The lowest BCUT2D eigenvalue weighted by atomic mass is 10.0. The molecule has 108 valence electrons. The number of nitrogens with zero attached hydrogens (tertiary/aromatic N) is 1. The molecule has 4 heteroatoms. The molecule has 2 aliphatic rings. The van der Waals surface area contributed by atoms with E-state index in [0.29, 0.717) is 11.8 Å². The van der Waals surface area contributed by atoms with Gasteiger partial charge in [0.05, 0.1) is 5.69 Å². The largest absolute Gasteiger partial charge is 0.482 e. The van der Waals surface area contributed by atoms with Crippen molar-refractivity contribution in [1.82, 2.24) is 0 Å². The number of fused-ring (bicyclic) bond motifs is 1. The smallest absolute Gasteiger partial charge is 0.265 e. The number of anilines is 1. The van der Waals surface area contributed by atoms with Crippen molar-refractivity contribution < 1.29 is 9.53 Å². The second-order valence-corrected chi connectivity index (χ2v) is 6.28. The van der Waals surface area contributed by atoms with Crippen LogP contribution in [0, 0.1) is 11.8 Å². The Morgan fingerprint density at radius 3 is 2.80 bits per heavy atom. The van der Waals surface area contributed by atoms with Gasteiger partial charge in [0.2, 0.25) is 0 Å². The van der Waals surface area contributed by atoms with E-state index < -0.39 is 0 Å². The minimum Gasteiger partial charge on any atom is -0.482 e. The first-order chi connectivity index (χ1) is 9.56. The van der Waals surface area contributed by atoms with Gasteiger partial charge in [-0.3, -0.25) is 4.79 Å². The quantitative estimate of drug-likeness (QED) is 0.917. The van der Waals surface area contributed by atoms with Crippen LogP contribution in [0.2, 0.25) is 0 Å². The summed E-state index contributed by atoms with van der Waals surface area (Å²) in [5.74, 6) is 1.85. The van der Waals surface area contributed by atoms with Crippen LogP contribution in [0.3, 0.4) is 0 Å². The van der Waals surface area contributed by atoms with E-state index in [2.05, 4.69) is 13.8 Å². The SMILES string of the molecule is CC(C)CN1C(=O)COc2ccc(C(N)C3CC3)cc21. The zero-order valence-electron chi connectivity index (χ0n) is 12.1. The Hall–Kier alpha value is -1.55. The van der Waals surface area contributed by atoms with Gasteiger partial charge in [-0.2, -0.15) is 0 Å². The van der Waals surface area contributed by atoms with Gasteiger partial charge in [0.1, 0.15) is 5.75 Å². The Kier molecular flexibility index (Phi) is 3.42. The predicted octanol–water partition coefficient (Wildman–Crippen LogP) is 2.48. The van der Waals surface area contributed by atoms with Crippen molar-refractivity contribution in [3.8, 4) is 5.75 Å². The van der Waals surface area contributed by atoms with Gasteiger partial charge in [-0.05, 0) is 42.4 Å². The maximum atomic E-state index is 12.1. The Balaban J connectivity index is 1.93. The van der Waals surface area contributed by atoms with Gasteiger partial charge in [0.15, 0.2) is 6.61 Å². The highest BCUT2D eigenvalue weighted by Gasteiger charge is 2.32. The molecule has 4 nitrogen and oxygen atoms in total. The molecule has 1 saturated carbocycles. The Morgan fingerprint density at radius 1 is 1.40 bits per heavy atom. The first-order valence-electron chi connectivity index (χ1n) is 7.39. The van der Waals surface area contributed by atoms with Crippen LogP contribution < -0.4 is 15.4 Å². The number of rotatable bonds is 4. The third-order valence-corrected chi connectivity index (χ3v) is 3.99. The van der Waals surface area contributed by atoms with E-state index in [0.717, 1.165) is 23.5 Å². The Bertz CT molecular complexity index is 523.